The molecule has 0 amide bonds. The van der Waals surface area contributed by atoms with Crippen LogP contribution in [0.4, 0.5) is 0 Å². The monoisotopic (exact) mass is 376 g/mol. The summed E-state index contributed by atoms with van der Waals surface area (Å²) >= 11 is 0. The van der Waals surface area contributed by atoms with Crippen molar-refractivity contribution in [3.05, 3.63) is 102 Å². The molecule has 0 saturated carbocycles. The predicted octanol–water partition coefficient (Wildman–Crippen LogP) is 6.88. The Morgan fingerprint density at radius 1 is 0.862 bits per heavy atom. The molecule has 0 bridgehead atoms. The van der Waals surface area contributed by atoms with Crippen molar-refractivity contribution in [3.8, 4) is 5.69 Å². The Hall–Kier alpha value is -3.39. The molecular formula is C27H24N2. The Bertz CT molecular complexity index is 1300. The SMILES string of the molecule is C=NC1=C(Cc2cccc3c4ccccc4n(-c4ccccc4)c23)C(C)(C)C=C1. The smallest absolute Gasteiger partial charge is 0.0623 e. The van der Waals surface area contributed by atoms with Gasteiger partial charge in [0.25, 0.3) is 0 Å². The lowest BCUT2D eigenvalue weighted by Crippen LogP contribution is -2.12. The summed E-state index contributed by atoms with van der Waals surface area (Å²) in [5, 5.41) is 2.58. The molecule has 0 aliphatic heterocycles. The Labute approximate surface area is 171 Å². The van der Waals surface area contributed by atoms with Crippen molar-refractivity contribution in [3.63, 3.8) is 0 Å². The molecule has 3 aromatic carbocycles. The average molecular weight is 377 g/mol. The van der Waals surface area contributed by atoms with Gasteiger partial charge in [-0.15, -0.1) is 0 Å². The maximum absolute atomic E-state index is 4.30. The summed E-state index contributed by atoms with van der Waals surface area (Å²) in [6.07, 6.45) is 5.20. The van der Waals surface area contributed by atoms with E-state index in [1.807, 2.05) is 0 Å². The molecule has 1 aliphatic carbocycles. The molecule has 1 aliphatic rings. The Morgan fingerprint density at radius 3 is 2.38 bits per heavy atom. The number of fused-ring (bicyclic) bond motifs is 3. The highest BCUT2D eigenvalue weighted by Crippen LogP contribution is 2.41. The van der Waals surface area contributed by atoms with Gasteiger partial charge in [0.1, 0.15) is 0 Å². The number of aliphatic imine (C=N–C) groups is 1. The molecule has 142 valence electrons. The second-order valence-electron chi connectivity index (χ2n) is 8.26. The van der Waals surface area contributed by atoms with Gasteiger partial charge in [0.2, 0.25) is 0 Å². The van der Waals surface area contributed by atoms with E-state index in [1.54, 1.807) is 0 Å². The van der Waals surface area contributed by atoms with E-state index < -0.39 is 0 Å². The first-order valence-electron chi connectivity index (χ1n) is 10.1. The molecular weight excluding hydrogens is 352 g/mol. The number of allylic oxidation sites excluding steroid dienone is 3. The van der Waals surface area contributed by atoms with E-state index >= 15 is 0 Å². The maximum Gasteiger partial charge on any atom is 0.0623 e. The largest absolute Gasteiger partial charge is 0.309 e. The molecule has 29 heavy (non-hydrogen) atoms. The topological polar surface area (TPSA) is 17.3 Å². The van der Waals surface area contributed by atoms with Crippen LogP contribution in [0, 0.1) is 5.41 Å². The Balaban J connectivity index is 1.82. The van der Waals surface area contributed by atoms with Crippen LogP contribution in [0.3, 0.4) is 0 Å². The van der Waals surface area contributed by atoms with E-state index in [9.17, 15) is 0 Å². The fourth-order valence-electron chi connectivity index (χ4n) is 4.55. The van der Waals surface area contributed by atoms with E-state index in [-0.39, 0.29) is 5.41 Å². The van der Waals surface area contributed by atoms with Crippen LogP contribution in [0.25, 0.3) is 27.5 Å². The molecule has 0 fully saturated rings. The summed E-state index contributed by atoms with van der Waals surface area (Å²) in [4.78, 5) is 4.30. The number of nitrogens with zero attached hydrogens (tertiary/aromatic N) is 2. The first kappa shape index (κ1) is 17.7. The molecule has 0 spiro atoms. The molecule has 1 heterocycles. The zero-order chi connectivity index (χ0) is 20.0. The molecule has 5 rings (SSSR count). The number of benzene rings is 3. The van der Waals surface area contributed by atoms with Gasteiger partial charge in [-0.1, -0.05) is 74.5 Å². The highest BCUT2D eigenvalue weighted by Gasteiger charge is 2.28. The van der Waals surface area contributed by atoms with Gasteiger partial charge in [-0.05, 0) is 48.6 Å². The van der Waals surface area contributed by atoms with Crippen LogP contribution in [-0.2, 0) is 6.42 Å². The van der Waals surface area contributed by atoms with E-state index in [2.05, 4.69) is 115 Å². The van der Waals surface area contributed by atoms with Crippen molar-refractivity contribution in [2.45, 2.75) is 20.3 Å². The summed E-state index contributed by atoms with van der Waals surface area (Å²) < 4.78 is 2.40. The minimum absolute atomic E-state index is 0.0116. The van der Waals surface area contributed by atoms with Crippen LogP contribution in [-0.4, -0.2) is 11.3 Å². The Morgan fingerprint density at radius 2 is 1.59 bits per heavy atom. The van der Waals surface area contributed by atoms with Gasteiger partial charge in [-0.2, -0.15) is 0 Å². The highest BCUT2D eigenvalue weighted by molar-refractivity contribution is 6.10. The molecule has 2 nitrogen and oxygen atoms in total. The highest BCUT2D eigenvalue weighted by atomic mass is 15.0. The number of rotatable bonds is 4. The molecule has 4 aromatic rings. The van der Waals surface area contributed by atoms with Gasteiger partial charge in [0, 0.05) is 21.9 Å². The normalized spacial score (nSPS) is 15.5. The molecule has 0 atom stereocenters. The molecule has 0 saturated heterocycles. The van der Waals surface area contributed by atoms with Crippen LogP contribution in [0.5, 0.6) is 0 Å². The van der Waals surface area contributed by atoms with Crippen molar-refractivity contribution in [2.75, 3.05) is 0 Å². The molecule has 0 N–H and O–H groups in total. The summed E-state index contributed by atoms with van der Waals surface area (Å²) in [5.41, 5.74) is 7.34. The van der Waals surface area contributed by atoms with Gasteiger partial charge in [-0.3, -0.25) is 4.99 Å². The van der Waals surface area contributed by atoms with E-state index in [0.717, 1.165) is 12.1 Å². The van der Waals surface area contributed by atoms with Crippen LogP contribution < -0.4 is 0 Å². The minimum atomic E-state index is -0.0116. The van der Waals surface area contributed by atoms with Crippen molar-refractivity contribution in [1.29, 1.82) is 0 Å². The zero-order valence-electron chi connectivity index (χ0n) is 16.9. The lowest BCUT2D eigenvalue weighted by molar-refractivity contribution is 0.572. The number of aromatic nitrogens is 1. The third-order valence-corrected chi connectivity index (χ3v) is 6.08. The van der Waals surface area contributed by atoms with E-state index in [4.69, 9.17) is 0 Å². The van der Waals surface area contributed by atoms with E-state index in [0.29, 0.717) is 0 Å². The standard InChI is InChI=1S/C27H24N2/c1-27(2)17-16-24(28-3)23(27)18-19-10-9-14-22-21-13-7-8-15-25(21)29(26(19)22)20-11-5-4-6-12-20/h4-17H,3,18H2,1-2H3. The maximum atomic E-state index is 4.30. The summed E-state index contributed by atoms with van der Waals surface area (Å²) in [5.74, 6) is 0. The third kappa shape index (κ3) is 2.75. The van der Waals surface area contributed by atoms with Crippen molar-refractivity contribution < 1.29 is 0 Å². The molecule has 0 radical (unpaired) electrons. The van der Waals surface area contributed by atoms with Gasteiger partial charge < -0.3 is 4.57 Å². The van der Waals surface area contributed by atoms with Gasteiger partial charge in [-0.25, -0.2) is 0 Å². The van der Waals surface area contributed by atoms with Gasteiger partial charge >= 0.3 is 0 Å². The third-order valence-electron chi connectivity index (χ3n) is 6.08. The quantitative estimate of drug-likeness (QED) is 0.346. The molecule has 2 heteroatoms. The van der Waals surface area contributed by atoms with Crippen LogP contribution in [0.1, 0.15) is 19.4 Å². The molecule has 0 unspecified atom stereocenters. The lowest BCUT2D eigenvalue weighted by atomic mass is 9.83. The van der Waals surface area contributed by atoms with Crippen molar-refractivity contribution in [1.82, 2.24) is 4.57 Å². The van der Waals surface area contributed by atoms with Crippen LogP contribution in [0.15, 0.2) is 101 Å². The first-order valence-corrected chi connectivity index (χ1v) is 10.1. The second-order valence-corrected chi connectivity index (χ2v) is 8.26. The van der Waals surface area contributed by atoms with Gasteiger partial charge in [0.15, 0.2) is 0 Å². The summed E-state index contributed by atoms with van der Waals surface area (Å²) in [6.45, 7) is 8.31. The number of hydrogen-bond donors (Lipinski definition) is 0. The minimum Gasteiger partial charge on any atom is -0.309 e. The number of hydrogen-bond acceptors (Lipinski definition) is 1. The van der Waals surface area contributed by atoms with Crippen LogP contribution >= 0.6 is 0 Å². The van der Waals surface area contributed by atoms with Gasteiger partial charge in [0.05, 0.1) is 16.7 Å². The molecule has 1 aromatic heterocycles. The fourth-order valence-corrected chi connectivity index (χ4v) is 4.55. The Kier molecular flexibility index (Phi) is 4.02. The van der Waals surface area contributed by atoms with Crippen molar-refractivity contribution in [2.24, 2.45) is 10.4 Å². The lowest BCUT2D eigenvalue weighted by Gasteiger charge is -2.22. The van der Waals surface area contributed by atoms with Crippen LogP contribution in [0.2, 0.25) is 0 Å². The zero-order valence-corrected chi connectivity index (χ0v) is 16.9. The summed E-state index contributed by atoms with van der Waals surface area (Å²) in [6, 6.07) is 26.0. The number of para-hydroxylation sites is 3. The summed E-state index contributed by atoms with van der Waals surface area (Å²) in [7, 11) is 0. The second kappa shape index (κ2) is 6.59. The first-order chi connectivity index (χ1) is 14.1. The predicted molar refractivity (Wildman–Crippen MR) is 124 cm³/mol. The van der Waals surface area contributed by atoms with Crippen molar-refractivity contribution >= 4 is 28.5 Å². The van der Waals surface area contributed by atoms with E-state index in [1.165, 1.54) is 38.6 Å². The fraction of sp³-hybridized carbons (Fsp3) is 0.148. The average Bonchev–Trinajstić information content (AvgIpc) is 3.23.